The van der Waals surface area contributed by atoms with E-state index in [-0.39, 0.29) is 11.9 Å². The molecule has 1 fully saturated rings. The number of carbonyl (C=O) groups excluding carboxylic acids is 1. The molecule has 5 rings (SSSR count). The van der Waals surface area contributed by atoms with Crippen LogP contribution in [0.15, 0.2) is 48.8 Å². The van der Waals surface area contributed by atoms with Gasteiger partial charge in [0.2, 0.25) is 11.9 Å². The number of hydrogen-bond donors (Lipinski definition) is 0. The van der Waals surface area contributed by atoms with E-state index in [1.54, 1.807) is 12.4 Å². The molecule has 0 bridgehead atoms. The summed E-state index contributed by atoms with van der Waals surface area (Å²) in [5.74, 6) is 2.40. The molecule has 2 aromatic heterocycles. The molecule has 0 N–H and O–H groups in total. The van der Waals surface area contributed by atoms with Gasteiger partial charge in [-0.15, -0.1) is 0 Å². The summed E-state index contributed by atoms with van der Waals surface area (Å²) in [6.07, 6.45) is 7.55. The first kappa shape index (κ1) is 19.6. The molecular weight excluding hydrogens is 388 g/mol. The Hall–Kier alpha value is -3.35. The van der Waals surface area contributed by atoms with Gasteiger partial charge < -0.3 is 4.90 Å². The highest BCUT2D eigenvalue weighted by Gasteiger charge is 2.33. The van der Waals surface area contributed by atoms with Crippen LogP contribution in [0.5, 0.6) is 0 Å². The van der Waals surface area contributed by atoms with E-state index in [2.05, 4.69) is 27.0 Å². The number of nitrogens with zero attached hydrogens (tertiary/aromatic N) is 6. The van der Waals surface area contributed by atoms with Crippen molar-refractivity contribution in [2.45, 2.75) is 45.1 Å². The van der Waals surface area contributed by atoms with E-state index < -0.39 is 0 Å². The predicted molar refractivity (Wildman–Crippen MR) is 119 cm³/mol. The molecular formula is C24H26N6O. The molecule has 0 radical (unpaired) electrons. The number of fused-ring (bicyclic) bond motifs is 1. The summed E-state index contributed by atoms with van der Waals surface area (Å²) in [7, 11) is 0. The Kier molecular flexibility index (Phi) is 5.32. The molecule has 1 atom stereocenters. The van der Waals surface area contributed by atoms with Crippen molar-refractivity contribution in [1.29, 1.82) is 0 Å². The number of anilines is 2. The maximum Gasteiger partial charge on any atom is 0.228 e. The third-order valence-electron chi connectivity index (χ3n) is 6.18. The van der Waals surface area contributed by atoms with Crippen LogP contribution in [0.2, 0.25) is 0 Å². The van der Waals surface area contributed by atoms with Gasteiger partial charge in [0.15, 0.2) is 5.82 Å². The second-order valence-corrected chi connectivity index (χ2v) is 8.15. The Morgan fingerprint density at radius 1 is 1.03 bits per heavy atom. The van der Waals surface area contributed by atoms with E-state index in [0.717, 1.165) is 48.7 Å². The normalized spacial score (nSPS) is 18.4. The molecule has 4 heterocycles. The van der Waals surface area contributed by atoms with Gasteiger partial charge in [0.05, 0.1) is 6.04 Å². The Morgan fingerprint density at radius 3 is 2.65 bits per heavy atom. The lowest BCUT2D eigenvalue weighted by Gasteiger charge is -2.31. The molecule has 2 aliphatic heterocycles. The second kappa shape index (κ2) is 8.41. The van der Waals surface area contributed by atoms with Crippen molar-refractivity contribution in [3.05, 3.63) is 71.4 Å². The molecule has 0 unspecified atom stereocenters. The second-order valence-electron chi connectivity index (χ2n) is 8.15. The number of benzene rings is 1. The van der Waals surface area contributed by atoms with Crippen molar-refractivity contribution in [2.75, 3.05) is 22.9 Å². The quantitative estimate of drug-likeness (QED) is 0.637. The Morgan fingerprint density at radius 2 is 1.84 bits per heavy atom. The van der Waals surface area contributed by atoms with Crippen molar-refractivity contribution < 1.29 is 4.79 Å². The largest absolute Gasteiger partial charge is 0.331 e. The third kappa shape index (κ3) is 3.87. The summed E-state index contributed by atoms with van der Waals surface area (Å²) in [6.45, 7) is 3.54. The van der Waals surface area contributed by atoms with Gasteiger partial charge >= 0.3 is 0 Å². The zero-order valence-corrected chi connectivity index (χ0v) is 17.7. The van der Waals surface area contributed by atoms with Crippen LogP contribution in [0, 0.1) is 6.92 Å². The summed E-state index contributed by atoms with van der Waals surface area (Å²) < 4.78 is 0. The van der Waals surface area contributed by atoms with E-state index in [9.17, 15) is 4.79 Å². The zero-order valence-electron chi connectivity index (χ0n) is 17.7. The standard InChI is InChI=1S/C24H26N6O/c1-17-19-10-11-21(31)30(16-12-18-7-3-2-4-8-18)23(19)28-22(27-17)20-9-5-15-29(20)24-25-13-6-14-26-24/h2-4,6-8,13-14,20H,5,9-12,15-16H2,1H3/t20-/m0/s1. The minimum atomic E-state index is 0.0272. The topological polar surface area (TPSA) is 75.1 Å². The number of carbonyl (C=O) groups is 1. The highest BCUT2D eigenvalue weighted by Crippen LogP contribution is 2.35. The van der Waals surface area contributed by atoms with Crippen molar-refractivity contribution >= 4 is 17.7 Å². The smallest absolute Gasteiger partial charge is 0.228 e. The number of aryl methyl sites for hydroxylation is 1. The Balaban J connectivity index is 1.47. The molecule has 3 aromatic rings. The van der Waals surface area contributed by atoms with Crippen molar-refractivity contribution in [2.24, 2.45) is 0 Å². The lowest BCUT2D eigenvalue weighted by atomic mass is 10.0. The number of hydrogen-bond acceptors (Lipinski definition) is 6. The fraction of sp³-hybridized carbons (Fsp3) is 0.375. The summed E-state index contributed by atoms with van der Waals surface area (Å²) in [5, 5.41) is 0. The number of aromatic nitrogens is 4. The molecule has 7 nitrogen and oxygen atoms in total. The van der Waals surface area contributed by atoms with Crippen LogP contribution in [0.25, 0.3) is 0 Å². The Bertz CT molecular complexity index is 1070. The summed E-state index contributed by atoms with van der Waals surface area (Å²) in [6, 6.07) is 12.1. The van der Waals surface area contributed by atoms with Crippen LogP contribution in [0.4, 0.5) is 11.8 Å². The van der Waals surface area contributed by atoms with Crippen molar-refractivity contribution in [3.63, 3.8) is 0 Å². The van der Waals surface area contributed by atoms with E-state index >= 15 is 0 Å². The molecule has 158 valence electrons. The van der Waals surface area contributed by atoms with Gasteiger partial charge in [0.1, 0.15) is 5.82 Å². The van der Waals surface area contributed by atoms with Crippen LogP contribution in [0.1, 0.15) is 47.9 Å². The molecule has 1 saturated heterocycles. The molecule has 7 heteroatoms. The number of amides is 1. The van der Waals surface area contributed by atoms with Gasteiger partial charge in [0, 0.05) is 43.2 Å². The van der Waals surface area contributed by atoms with E-state index in [0.29, 0.717) is 25.3 Å². The molecule has 1 aromatic carbocycles. The average molecular weight is 415 g/mol. The maximum absolute atomic E-state index is 12.8. The van der Waals surface area contributed by atoms with E-state index in [1.165, 1.54) is 5.56 Å². The SMILES string of the molecule is Cc1nc([C@@H]2CCCN2c2ncccn2)nc2c1CCC(=O)N2CCc1ccccc1. The van der Waals surface area contributed by atoms with Crippen LogP contribution in [0.3, 0.4) is 0 Å². The molecule has 2 aliphatic rings. The first-order valence-corrected chi connectivity index (χ1v) is 11.0. The van der Waals surface area contributed by atoms with E-state index in [1.807, 2.05) is 36.1 Å². The van der Waals surface area contributed by atoms with Gasteiger partial charge in [-0.25, -0.2) is 19.9 Å². The van der Waals surface area contributed by atoms with Crippen LogP contribution >= 0.6 is 0 Å². The fourth-order valence-electron chi connectivity index (χ4n) is 4.58. The Labute approximate surface area is 182 Å². The van der Waals surface area contributed by atoms with Crippen LogP contribution < -0.4 is 9.80 Å². The molecule has 0 saturated carbocycles. The fourth-order valence-corrected chi connectivity index (χ4v) is 4.58. The maximum atomic E-state index is 12.8. The molecule has 0 aliphatic carbocycles. The highest BCUT2D eigenvalue weighted by molar-refractivity contribution is 5.95. The zero-order chi connectivity index (χ0) is 21.2. The first-order chi connectivity index (χ1) is 15.2. The summed E-state index contributed by atoms with van der Waals surface area (Å²) >= 11 is 0. The lowest BCUT2D eigenvalue weighted by molar-refractivity contribution is -0.118. The first-order valence-electron chi connectivity index (χ1n) is 11.0. The van der Waals surface area contributed by atoms with Crippen molar-refractivity contribution in [1.82, 2.24) is 19.9 Å². The number of rotatable bonds is 5. The van der Waals surface area contributed by atoms with E-state index in [4.69, 9.17) is 9.97 Å². The lowest BCUT2D eigenvalue weighted by Crippen LogP contribution is -2.38. The minimum Gasteiger partial charge on any atom is -0.331 e. The minimum absolute atomic E-state index is 0.0272. The molecule has 0 spiro atoms. The van der Waals surface area contributed by atoms with Gasteiger partial charge in [-0.3, -0.25) is 9.69 Å². The van der Waals surface area contributed by atoms with Crippen LogP contribution in [-0.4, -0.2) is 38.9 Å². The van der Waals surface area contributed by atoms with Crippen LogP contribution in [-0.2, 0) is 17.6 Å². The van der Waals surface area contributed by atoms with Gasteiger partial charge in [-0.2, -0.15) is 0 Å². The summed E-state index contributed by atoms with van der Waals surface area (Å²) in [5.41, 5.74) is 3.28. The third-order valence-corrected chi connectivity index (χ3v) is 6.18. The predicted octanol–water partition coefficient (Wildman–Crippen LogP) is 3.44. The monoisotopic (exact) mass is 414 g/mol. The van der Waals surface area contributed by atoms with Gasteiger partial charge in [0.25, 0.3) is 0 Å². The molecule has 31 heavy (non-hydrogen) atoms. The van der Waals surface area contributed by atoms with Gasteiger partial charge in [-0.1, -0.05) is 30.3 Å². The molecule has 1 amide bonds. The average Bonchev–Trinajstić information content (AvgIpc) is 3.30. The summed E-state index contributed by atoms with van der Waals surface area (Å²) in [4.78, 5) is 35.6. The van der Waals surface area contributed by atoms with Crippen molar-refractivity contribution in [3.8, 4) is 0 Å². The van der Waals surface area contributed by atoms with Gasteiger partial charge in [-0.05, 0) is 44.2 Å². The highest BCUT2D eigenvalue weighted by atomic mass is 16.2.